The Balaban J connectivity index is 1.49. The van der Waals surface area contributed by atoms with Crippen molar-refractivity contribution >= 4 is 5.91 Å². The van der Waals surface area contributed by atoms with Crippen LogP contribution in [0.25, 0.3) is 0 Å². The molecule has 0 bridgehead atoms. The molecule has 3 atom stereocenters. The van der Waals surface area contributed by atoms with Crippen LogP contribution in [0.5, 0.6) is 0 Å². The molecule has 1 saturated carbocycles. The molecule has 3 aliphatic rings. The Kier molecular flexibility index (Phi) is 4.61. The van der Waals surface area contributed by atoms with E-state index in [1.54, 1.807) is 6.92 Å². The molecule has 1 aliphatic heterocycles. The molecule has 1 saturated heterocycles. The van der Waals surface area contributed by atoms with Gasteiger partial charge in [0.1, 0.15) is 0 Å². The zero-order chi connectivity index (χ0) is 17.4. The second-order valence-electron chi connectivity index (χ2n) is 8.79. The summed E-state index contributed by atoms with van der Waals surface area (Å²) in [5.41, 5.74) is 3.14. The van der Waals surface area contributed by atoms with Gasteiger partial charge in [-0.2, -0.15) is 0 Å². The molecule has 1 N–H and O–H groups in total. The SMILES string of the molecule is CC(=O)N[C@H]1CC2(CCN(C3CCC[C@@H](C)C3)CC2)c2ccccc21. The van der Waals surface area contributed by atoms with Crippen LogP contribution in [0.1, 0.15) is 76.0 Å². The van der Waals surface area contributed by atoms with Gasteiger partial charge in [-0.15, -0.1) is 0 Å². The summed E-state index contributed by atoms with van der Waals surface area (Å²) in [6.45, 7) is 6.50. The predicted octanol–water partition coefficient (Wildman–Crippen LogP) is 4.18. The number of rotatable bonds is 2. The molecule has 3 heteroatoms. The second-order valence-corrected chi connectivity index (χ2v) is 8.79. The highest BCUT2D eigenvalue weighted by Gasteiger charge is 2.46. The number of carbonyl (C=O) groups excluding carboxylic acids is 1. The lowest BCUT2D eigenvalue weighted by Crippen LogP contribution is -2.47. The molecule has 1 aromatic rings. The maximum atomic E-state index is 11.7. The van der Waals surface area contributed by atoms with E-state index in [2.05, 4.69) is 41.4 Å². The topological polar surface area (TPSA) is 32.3 Å². The van der Waals surface area contributed by atoms with Crippen molar-refractivity contribution in [1.29, 1.82) is 0 Å². The molecule has 4 rings (SSSR count). The maximum Gasteiger partial charge on any atom is 0.217 e. The van der Waals surface area contributed by atoms with Crippen LogP contribution in [0.4, 0.5) is 0 Å². The van der Waals surface area contributed by atoms with Crippen LogP contribution in [-0.4, -0.2) is 29.9 Å². The molecule has 136 valence electrons. The predicted molar refractivity (Wildman–Crippen MR) is 102 cm³/mol. The summed E-state index contributed by atoms with van der Waals surface area (Å²) in [7, 11) is 0. The van der Waals surface area contributed by atoms with Gasteiger partial charge >= 0.3 is 0 Å². The van der Waals surface area contributed by atoms with Crippen LogP contribution >= 0.6 is 0 Å². The van der Waals surface area contributed by atoms with Crippen LogP contribution in [0.3, 0.4) is 0 Å². The van der Waals surface area contributed by atoms with Gasteiger partial charge in [-0.1, -0.05) is 44.0 Å². The number of nitrogens with one attached hydrogen (secondary N) is 1. The standard InChI is InChI=1S/C22H32N2O/c1-16-6-5-7-18(14-16)24-12-10-22(11-13-24)15-21(23-17(2)25)19-8-3-4-9-20(19)22/h3-4,8-9,16,18,21H,5-7,10-15H2,1-2H3,(H,23,25)/t16-,18?,21+/m1/s1. The quantitative estimate of drug-likeness (QED) is 0.876. The fraction of sp³-hybridized carbons (Fsp3) is 0.682. The van der Waals surface area contributed by atoms with Crippen molar-refractivity contribution in [3.8, 4) is 0 Å². The van der Waals surface area contributed by atoms with E-state index >= 15 is 0 Å². The van der Waals surface area contributed by atoms with Crippen molar-refractivity contribution in [3.63, 3.8) is 0 Å². The van der Waals surface area contributed by atoms with Crippen molar-refractivity contribution in [2.75, 3.05) is 13.1 Å². The first-order valence-corrected chi connectivity index (χ1v) is 10.2. The lowest BCUT2D eigenvalue weighted by Gasteiger charge is -2.45. The van der Waals surface area contributed by atoms with Gasteiger partial charge in [0.2, 0.25) is 5.91 Å². The van der Waals surface area contributed by atoms with E-state index in [4.69, 9.17) is 0 Å². The number of hydrogen-bond donors (Lipinski definition) is 1. The van der Waals surface area contributed by atoms with Gasteiger partial charge in [0.25, 0.3) is 0 Å². The number of fused-ring (bicyclic) bond motifs is 2. The molecule has 3 nitrogen and oxygen atoms in total. The molecule has 0 radical (unpaired) electrons. The minimum Gasteiger partial charge on any atom is -0.349 e. The Morgan fingerprint density at radius 2 is 1.96 bits per heavy atom. The number of hydrogen-bond acceptors (Lipinski definition) is 2. The normalized spacial score (nSPS) is 31.7. The van der Waals surface area contributed by atoms with Crippen LogP contribution in [0.15, 0.2) is 24.3 Å². The highest BCUT2D eigenvalue weighted by molar-refractivity contribution is 5.73. The Hall–Kier alpha value is -1.35. The highest BCUT2D eigenvalue weighted by Crippen LogP contribution is 2.51. The fourth-order valence-electron chi connectivity index (χ4n) is 5.79. The Bertz CT molecular complexity index is 633. The monoisotopic (exact) mass is 340 g/mol. The summed E-state index contributed by atoms with van der Waals surface area (Å²) in [5, 5.41) is 3.20. The molecular formula is C22H32N2O. The third-order valence-corrected chi connectivity index (χ3v) is 7.06. The molecule has 1 heterocycles. The molecule has 1 amide bonds. The van der Waals surface area contributed by atoms with Crippen molar-refractivity contribution < 1.29 is 4.79 Å². The van der Waals surface area contributed by atoms with E-state index in [-0.39, 0.29) is 17.4 Å². The molecular weight excluding hydrogens is 308 g/mol. The first kappa shape index (κ1) is 17.1. The number of amides is 1. The first-order chi connectivity index (χ1) is 12.1. The van der Waals surface area contributed by atoms with Gasteiger partial charge < -0.3 is 10.2 Å². The summed E-state index contributed by atoms with van der Waals surface area (Å²) >= 11 is 0. The van der Waals surface area contributed by atoms with Crippen LogP contribution in [-0.2, 0) is 10.2 Å². The van der Waals surface area contributed by atoms with Crippen LogP contribution < -0.4 is 5.32 Å². The molecule has 1 spiro atoms. The minimum absolute atomic E-state index is 0.0884. The van der Waals surface area contributed by atoms with E-state index < -0.39 is 0 Å². The Labute approximate surface area is 152 Å². The summed E-state index contributed by atoms with van der Waals surface area (Å²) in [6, 6.07) is 9.84. The number of nitrogens with zero attached hydrogens (tertiary/aromatic N) is 1. The van der Waals surface area contributed by atoms with Crippen molar-refractivity contribution in [2.24, 2.45) is 5.92 Å². The average molecular weight is 341 g/mol. The van der Waals surface area contributed by atoms with Gasteiger partial charge in [0.05, 0.1) is 6.04 Å². The number of carbonyl (C=O) groups is 1. The summed E-state index contributed by atoms with van der Waals surface area (Å²) in [6.07, 6.45) is 9.16. The zero-order valence-corrected chi connectivity index (χ0v) is 15.8. The van der Waals surface area contributed by atoms with E-state index in [1.165, 1.54) is 62.7 Å². The van der Waals surface area contributed by atoms with Gasteiger partial charge in [0, 0.05) is 18.4 Å². The molecule has 2 fully saturated rings. The van der Waals surface area contributed by atoms with Crippen LogP contribution in [0.2, 0.25) is 0 Å². The lowest BCUT2D eigenvalue weighted by atomic mass is 9.73. The second kappa shape index (κ2) is 6.75. The van der Waals surface area contributed by atoms with Crippen molar-refractivity contribution in [1.82, 2.24) is 10.2 Å². The van der Waals surface area contributed by atoms with E-state index in [0.29, 0.717) is 0 Å². The van der Waals surface area contributed by atoms with E-state index in [1.807, 2.05) is 0 Å². The average Bonchev–Trinajstić information content (AvgIpc) is 2.89. The van der Waals surface area contributed by atoms with Gasteiger partial charge in [-0.25, -0.2) is 0 Å². The largest absolute Gasteiger partial charge is 0.349 e. The zero-order valence-electron chi connectivity index (χ0n) is 15.8. The molecule has 0 aromatic heterocycles. The highest BCUT2D eigenvalue weighted by atomic mass is 16.1. The molecule has 25 heavy (non-hydrogen) atoms. The summed E-state index contributed by atoms with van der Waals surface area (Å²) < 4.78 is 0. The fourth-order valence-corrected chi connectivity index (χ4v) is 5.79. The third kappa shape index (κ3) is 3.23. The maximum absolute atomic E-state index is 11.7. The number of likely N-dealkylation sites (tertiary alicyclic amines) is 1. The molecule has 1 unspecified atom stereocenters. The van der Waals surface area contributed by atoms with Crippen LogP contribution in [0, 0.1) is 5.92 Å². The van der Waals surface area contributed by atoms with Gasteiger partial charge in [-0.05, 0) is 62.2 Å². The summed E-state index contributed by atoms with van der Waals surface area (Å²) in [5.74, 6) is 0.983. The lowest BCUT2D eigenvalue weighted by molar-refractivity contribution is -0.119. The summed E-state index contributed by atoms with van der Waals surface area (Å²) in [4.78, 5) is 14.4. The van der Waals surface area contributed by atoms with Gasteiger partial charge in [0.15, 0.2) is 0 Å². The van der Waals surface area contributed by atoms with Crippen molar-refractivity contribution in [3.05, 3.63) is 35.4 Å². The Morgan fingerprint density at radius 3 is 2.68 bits per heavy atom. The van der Waals surface area contributed by atoms with E-state index in [9.17, 15) is 4.79 Å². The van der Waals surface area contributed by atoms with Gasteiger partial charge in [-0.3, -0.25) is 4.79 Å². The minimum atomic E-state index is 0.0884. The Morgan fingerprint density at radius 1 is 1.20 bits per heavy atom. The molecule has 1 aromatic carbocycles. The van der Waals surface area contributed by atoms with E-state index in [0.717, 1.165) is 18.4 Å². The first-order valence-electron chi connectivity index (χ1n) is 10.2. The number of piperidine rings is 1. The third-order valence-electron chi connectivity index (χ3n) is 7.06. The molecule has 2 aliphatic carbocycles. The number of benzene rings is 1. The van der Waals surface area contributed by atoms with Crippen molar-refractivity contribution in [2.45, 2.75) is 76.3 Å². The smallest absolute Gasteiger partial charge is 0.217 e.